The molecule has 4 heterocycles. The van der Waals surface area contributed by atoms with Crippen LogP contribution >= 0.6 is 45.3 Å². The molecule has 0 saturated heterocycles. The number of thiophene rings is 4. The molecule has 4 aromatic heterocycles. The van der Waals surface area contributed by atoms with Crippen molar-refractivity contribution in [2.45, 2.75) is 105 Å². The van der Waals surface area contributed by atoms with Crippen molar-refractivity contribution < 1.29 is 0 Å². The highest BCUT2D eigenvalue weighted by molar-refractivity contribution is 7.31. The molecule has 0 aliphatic carbocycles. The van der Waals surface area contributed by atoms with Crippen LogP contribution in [0.5, 0.6) is 0 Å². The zero-order valence-corrected chi connectivity index (χ0v) is 26.8. The molecule has 0 spiro atoms. The van der Waals surface area contributed by atoms with Crippen molar-refractivity contribution in [1.82, 2.24) is 0 Å². The van der Waals surface area contributed by atoms with Crippen LogP contribution in [0.15, 0.2) is 36.4 Å². The topological polar surface area (TPSA) is 0 Å². The Kier molecular flexibility index (Phi) is 9.80. The molecule has 0 aliphatic rings. The maximum atomic E-state index is 2.56. The van der Waals surface area contributed by atoms with Crippen LogP contribution in [0.1, 0.15) is 98.9 Å². The van der Waals surface area contributed by atoms with Crippen LogP contribution in [0.2, 0.25) is 0 Å². The molecule has 0 aliphatic heterocycles. The fourth-order valence-corrected chi connectivity index (χ4v) is 10.1. The molecule has 0 bridgehead atoms. The van der Waals surface area contributed by atoms with Gasteiger partial charge in [-0.15, -0.1) is 45.3 Å². The van der Waals surface area contributed by atoms with Crippen LogP contribution in [-0.2, 0) is 12.8 Å². The zero-order valence-electron chi connectivity index (χ0n) is 23.6. The lowest BCUT2D eigenvalue weighted by atomic mass is 9.91. The molecule has 0 nitrogen and oxygen atoms in total. The Morgan fingerprint density at radius 1 is 0.474 bits per heavy atom. The molecule has 0 atom stereocenters. The van der Waals surface area contributed by atoms with Gasteiger partial charge in [0.15, 0.2) is 0 Å². The van der Waals surface area contributed by atoms with Crippen molar-refractivity contribution in [1.29, 1.82) is 0 Å². The first kappa shape index (κ1) is 28.1. The smallest absolute Gasteiger partial charge is 0.0531 e. The molecule has 38 heavy (non-hydrogen) atoms. The van der Waals surface area contributed by atoms with Gasteiger partial charge in [0, 0.05) is 29.3 Å². The van der Waals surface area contributed by atoms with Gasteiger partial charge in [-0.3, -0.25) is 0 Å². The summed E-state index contributed by atoms with van der Waals surface area (Å²) >= 11 is 7.92. The summed E-state index contributed by atoms with van der Waals surface area (Å²) < 4.78 is 3.08. The minimum atomic E-state index is 1.23. The second kappa shape index (κ2) is 13.3. The highest BCUT2D eigenvalue weighted by atomic mass is 32.1. The molecule has 0 unspecified atom stereocenters. The Labute approximate surface area is 245 Å². The number of unbranched alkanes of at least 4 members (excludes halogenated alkanes) is 8. The maximum Gasteiger partial charge on any atom is 0.0531 e. The summed E-state index contributed by atoms with van der Waals surface area (Å²) in [4.78, 5) is 8.51. The summed E-state index contributed by atoms with van der Waals surface area (Å²) in [7, 11) is 0. The van der Waals surface area contributed by atoms with Crippen LogP contribution in [0, 0.1) is 13.8 Å². The largest absolute Gasteiger partial charge is 0.140 e. The van der Waals surface area contributed by atoms with E-state index in [4.69, 9.17) is 0 Å². The third-order valence-corrected chi connectivity index (χ3v) is 12.5. The number of benzene rings is 1. The van der Waals surface area contributed by atoms with Crippen LogP contribution in [-0.4, -0.2) is 0 Å². The van der Waals surface area contributed by atoms with Crippen LogP contribution in [0.25, 0.3) is 39.7 Å². The van der Waals surface area contributed by atoms with Crippen molar-refractivity contribution in [3.8, 4) is 19.5 Å². The van der Waals surface area contributed by atoms with Gasteiger partial charge in [0.1, 0.15) is 0 Å². The van der Waals surface area contributed by atoms with E-state index in [1.165, 1.54) is 116 Å². The van der Waals surface area contributed by atoms with Gasteiger partial charge in [-0.05, 0) is 97.8 Å². The van der Waals surface area contributed by atoms with E-state index in [0.717, 1.165) is 0 Å². The fraction of sp³-hybridized carbons (Fsp3) is 0.471. The summed E-state index contributed by atoms with van der Waals surface area (Å²) in [6, 6.07) is 14.3. The summed E-state index contributed by atoms with van der Waals surface area (Å²) in [5, 5.41) is 3.12. The minimum absolute atomic E-state index is 1.23. The quantitative estimate of drug-likeness (QED) is 0.115. The lowest BCUT2D eigenvalue weighted by molar-refractivity contribution is 0.623. The van der Waals surface area contributed by atoms with Gasteiger partial charge in [0.05, 0.1) is 9.40 Å². The highest BCUT2D eigenvalue weighted by Gasteiger charge is 2.20. The second-order valence-electron chi connectivity index (χ2n) is 10.8. The molecule has 5 aromatic rings. The Bertz CT molecular complexity index is 1470. The molecular weight excluding hydrogens is 537 g/mol. The van der Waals surface area contributed by atoms with Gasteiger partial charge < -0.3 is 0 Å². The average molecular weight is 579 g/mol. The lowest BCUT2D eigenvalue weighted by Crippen LogP contribution is -1.98. The van der Waals surface area contributed by atoms with E-state index in [1.807, 2.05) is 45.3 Å². The normalized spacial score (nSPS) is 11.9. The summed E-state index contributed by atoms with van der Waals surface area (Å²) in [6.07, 6.45) is 16.0. The molecule has 0 N–H and O–H groups in total. The van der Waals surface area contributed by atoms with Crippen molar-refractivity contribution in [2.24, 2.45) is 0 Å². The Morgan fingerprint density at radius 3 is 1.61 bits per heavy atom. The molecule has 4 heteroatoms. The fourth-order valence-electron chi connectivity index (χ4n) is 5.69. The van der Waals surface area contributed by atoms with Crippen molar-refractivity contribution in [3.05, 3.63) is 57.3 Å². The van der Waals surface area contributed by atoms with E-state index in [2.05, 4.69) is 64.1 Å². The predicted molar refractivity (Wildman–Crippen MR) is 178 cm³/mol. The number of hydrogen-bond acceptors (Lipinski definition) is 4. The Balaban J connectivity index is 1.54. The van der Waals surface area contributed by atoms with E-state index >= 15 is 0 Å². The van der Waals surface area contributed by atoms with E-state index in [-0.39, 0.29) is 0 Å². The molecule has 1 aromatic carbocycles. The number of fused-ring (bicyclic) bond motifs is 3. The average Bonchev–Trinajstić information content (AvgIpc) is 3.70. The standard InChI is InChI=1S/C34H42S4/c1-5-7-9-11-13-15-25-26(16-14-12-10-8-6-2)28-22-32(38-34(28)33-27(25)21-24(4)36-33)31-20-19-30(37-31)29-18-17-23(3)35-29/h17-22H,5-16H2,1-4H3. The van der Waals surface area contributed by atoms with E-state index in [1.54, 1.807) is 21.9 Å². The predicted octanol–water partition coefficient (Wildman–Crippen LogP) is 13.2. The molecule has 0 amide bonds. The molecule has 202 valence electrons. The first-order chi connectivity index (χ1) is 18.6. The molecule has 0 fully saturated rings. The second-order valence-corrected chi connectivity index (χ2v) is 15.5. The monoisotopic (exact) mass is 578 g/mol. The van der Waals surface area contributed by atoms with Gasteiger partial charge in [0.2, 0.25) is 0 Å². The van der Waals surface area contributed by atoms with Crippen LogP contribution < -0.4 is 0 Å². The van der Waals surface area contributed by atoms with Gasteiger partial charge in [-0.2, -0.15) is 0 Å². The summed E-state index contributed by atoms with van der Waals surface area (Å²) in [5.74, 6) is 0. The van der Waals surface area contributed by atoms with Gasteiger partial charge >= 0.3 is 0 Å². The summed E-state index contributed by atoms with van der Waals surface area (Å²) in [6.45, 7) is 9.13. The first-order valence-corrected chi connectivity index (χ1v) is 18.0. The van der Waals surface area contributed by atoms with E-state index in [9.17, 15) is 0 Å². The lowest BCUT2D eigenvalue weighted by Gasteiger charge is -2.14. The zero-order chi connectivity index (χ0) is 26.5. The Morgan fingerprint density at radius 2 is 1.00 bits per heavy atom. The Hall–Kier alpha value is -1.46. The third-order valence-electron chi connectivity index (χ3n) is 7.70. The van der Waals surface area contributed by atoms with Crippen molar-refractivity contribution in [3.63, 3.8) is 0 Å². The first-order valence-electron chi connectivity index (χ1n) is 14.7. The maximum absolute atomic E-state index is 2.56. The SMILES string of the molecule is CCCCCCCc1c(CCCCCCC)c2cc(-c3ccc(-c4ccc(C)s4)s3)sc2c2sc(C)cc12. The number of hydrogen-bond donors (Lipinski definition) is 0. The molecule has 0 radical (unpaired) electrons. The molecule has 5 rings (SSSR count). The van der Waals surface area contributed by atoms with Crippen molar-refractivity contribution in [2.75, 3.05) is 0 Å². The van der Waals surface area contributed by atoms with E-state index < -0.39 is 0 Å². The highest BCUT2D eigenvalue weighted by Crippen LogP contribution is 2.47. The van der Waals surface area contributed by atoms with Crippen LogP contribution in [0.3, 0.4) is 0 Å². The number of aryl methyl sites for hydroxylation is 4. The molecular formula is C34H42S4. The van der Waals surface area contributed by atoms with E-state index in [0.29, 0.717) is 0 Å². The van der Waals surface area contributed by atoms with Gasteiger partial charge in [-0.1, -0.05) is 65.2 Å². The van der Waals surface area contributed by atoms with Gasteiger partial charge in [0.25, 0.3) is 0 Å². The third kappa shape index (κ3) is 6.30. The van der Waals surface area contributed by atoms with Crippen LogP contribution in [0.4, 0.5) is 0 Å². The van der Waals surface area contributed by atoms with Gasteiger partial charge in [-0.25, -0.2) is 0 Å². The number of rotatable bonds is 14. The summed E-state index contributed by atoms with van der Waals surface area (Å²) in [5.41, 5.74) is 3.35. The minimum Gasteiger partial charge on any atom is -0.140 e. The molecule has 0 saturated carbocycles. The van der Waals surface area contributed by atoms with Crippen molar-refractivity contribution >= 4 is 65.5 Å².